The van der Waals surface area contributed by atoms with E-state index in [1.165, 1.54) is 13.4 Å². The predicted octanol–water partition coefficient (Wildman–Crippen LogP) is 1.78. The Kier molecular flexibility index (Phi) is 2.37. The van der Waals surface area contributed by atoms with Crippen LogP contribution in [0.5, 0.6) is 17.2 Å². The summed E-state index contributed by atoms with van der Waals surface area (Å²) in [5.74, 6) is -1.91. The van der Waals surface area contributed by atoms with Crippen LogP contribution in [-0.2, 0) is 0 Å². The number of aromatic hydroxyl groups is 2. The van der Waals surface area contributed by atoms with Gasteiger partial charge in [0, 0.05) is 5.56 Å². The van der Waals surface area contributed by atoms with E-state index in [0.29, 0.717) is 5.76 Å². The van der Waals surface area contributed by atoms with Gasteiger partial charge in [-0.1, -0.05) is 0 Å². The van der Waals surface area contributed by atoms with Crippen molar-refractivity contribution in [1.29, 1.82) is 0 Å². The van der Waals surface area contributed by atoms with E-state index in [2.05, 4.69) is 0 Å². The zero-order chi connectivity index (χ0) is 14.6. The molecule has 0 aliphatic heterocycles. The number of rotatable bonds is 1. The van der Waals surface area contributed by atoms with Crippen LogP contribution in [0, 0.1) is 6.92 Å². The van der Waals surface area contributed by atoms with Gasteiger partial charge in [-0.05, 0) is 13.0 Å². The molecule has 0 saturated heterocycles. The van der Waals surface area contributed by atoms with E-state index in [0.717, 1.165) is 6.07 Å². The van der Waals surface area contributed by atoms with Gasteiger partial charge in [-0.15, -0.1) is 0 Å². The number of ether oxygens (including phenoxy) is 1. The lowest BCUT2D eigenvalue weighted by Crippen LogP contribution is -2.20. The maximum absolute atomic E-state index is 12.4. The Morgan fingerprint density at radius 2 is 1.80 bits per heavy atom. The highest BCUT2D eigenvalue weighted by Gasteiger charge is 2.37. The molecule has 0 radical (unpaired) electrons. The number of carbonyl (C=O) groups is 2. The summed E-state index contributed by atoms with van der Waals surface area (Å²) in [4.78, 5) is 24.7. The zero-order valence-corrected chi connectivity index (χ0v) is 10.7. The Hall–Kier alpha value is -2.76. The van der Waals surface area contributed by atoms with Crippen LogP contribution in [0.3, 0.4) is 0 Å². The molecule has 6 heteroatoms. The number of ketones is 2. The summed E-state index contributed by atoms with van der Waals surface area (Å²) >= 11 is 0. The van der Waals surface area contributed by atoms with Gasteiger partial charge in [-0.2, -0.15) is 0 Å². The molecule has 1 heterocycles. The molecule has 3 rings (SSSR count). The molecule has 0 amide bonds. The fraction of sp³-hybridized carbons (Fsp3) is 0.143. The average molecular weight is 274 g/mol. The summed E-state index contributed by atoms with van der Waals surface area (Å²) in [6, 6.07) is 1.11. The van der Waals surface area contributed by atoms with Crippen LogP contribution >= 0.6 is 0 Å². The van der Waals surface area contributed by atoms with Gasteiger partial charge in [0.15, 0.2) is 17.3 Å². The van der Waals surface area contributed by atoms with Crippen LogP contribution < -0.4 is 4.74 Å². The first-order chi connectivity index (χ1) is 9.47. The molecule has 102 valence electrons. The van der Waals surface area contributed by atoms with Gasteiger partial charge in [0.05, 0.1) is 23.8 Å². The number of methoxy groups -OCH3 is 1. The number of fused-ring (bicyclic) bond motifs is 2. The number of carbonyl (C=O) groups excluding carboxylic acids is 2. The molecule has 20 heavy (non-hydrogen) atoms. The first-order valence-corrected chi connectivity index (χ1v) is 5.77. The van der Waals surface area contributed by atoms with E-state index >= 15 is 0 Å². The molecule has 6 nitrogen and oxygen atoms in total. The normalized spacial score (nSPS) is 13.1. The van der Waals surface area contributed by atoms with E-state index in [1.807, 2.05) is 0 Å². The van der Waals surface area contributed by atoms with E-state index in [1.54, 1.807) is 6.92 Å². The van der Waals surface area contributed by atoms with Gasteiger partial charge >= 0.3 is 0 Å². The van der Waals surface area contributed by atoms with E-state index in [4.69, 9.17) is 9.15 Å². The van der Waals surface area contributed by atoms with E-state index < -0.39 is 23.1 Å². The topological polar surface area (TPSA) is 97.0 Å². The number of benzene rings is 1. The molecule has 1 aromatic carbocycles. The second-order valence-corrected chi connectivity index (χ2v) is 4.44. The minimum Gasteiger partial charge on any atom is -0.504 e. The van der Waals surface area contributed by atoms with E-state index in [9.17, 15) is 19.8 Å². The molecule has 1 aliphatic carbocycles. The number of phenolic OH excluding ortho intramolecular Hbond substituents is 2. The van der Waals surface area contributed by atoms with Crippen LogP contribution in [0.1, 0.15) is 37.6 Å². The Morgan fingerprint density at radius 1 is 1.10 bits per heavy atom. The lowest BCUT2D eigenvalue weighted by Gasteiger charge is -2.18. The minimum atomic E-state index is -0.549. The Bertz CT molecular complexity index is 768. The van der Waals surface area contributed by atoms with Gasteiger partial charge in [-0.3, -0.25) is 9.59 Å². The molecule has 1 aromatic heterocycles. The standard InChI is InChI=1S/C14H10O6/c1-5-9-7(4-20-5)11(16)6-3-8(15)14(19-2)13(18)10(6)12(9)17/h3-4,15,18H,1-2H3. The van der Waals surface area contributed by atoms with Gasteiger partial charge < -0.3 is 19.4 Å². The Balaban J connectivity index is 2.38. The van der Waals surface area contributed by atoms with Crippen molar-refractivity contribution in [2.45, 2.75) is 6.92 Å². The molecule has 0 atom stereocenters. The highest BCUT2D eigenvalue weighted by molar-refractivity contribution is 6.30. The van der Waals surface area contributed by atoms with Crippen molar-refractivity contribution in [3.63, 3.8) is 0 Å². The summed E-state index contributed by atoms with van der Waals surface area (Å²) < 4.78 is 9.94. The van der Waals surface area contributed by atoms with Crippen molar-refractivity contribution >= 4 is 11.6 Å². The molecule has 0 unspecified atom stereocenters. The number of aryl methyl sites for hydroxylation is 1. The van der Waals surface area contributed by atoms with E-state index in [-0.39, 0.29) is 28.0 Å². The van der Waals surface area contributed by atoms with Crippen molar-refractivity contribution in [3.8, 4) is 17.2 Å². The van der Waals surface area contributed by atoms with Gasteiger partial charge in [0.1, 0.15) is 12.0 Å². The van der Waals surface area contributed by atoms with Gasteiger partial charge in [-0.25, -0.2) is 0 Å². The smallest absolute Gasteiger partial charge is 0.203 e. The van der Waals surface area contributed by atoms with Crippen molar-refractivity contribution < 1.29 is 29.0 Å². The molecule has 2 aromatic rings. The highest BCUT2D eigenvalue weighted by atomic mass is 16.5. The Labute approximate surface area is 113 Å². The molecular weight excluding hydrogens is 264 g/mol. The van der Waals surface area contributed by atoms with Crippen LogP contribution in [0.25, 0.3) is 0 Å². The van der Waals surface area contributed by atoms with Crippen LogP contribution in [0.15, 0.2) is 16.7 Å². The zero-order valence-electron chi connectivity index (χ0n) is 10.7. The van der Waals surface area contributed by atoms with Crippen molar-refractivity contribution in [2.24, 2.45) is 0 Å². The largest absolute Gasteiger partial charge is 0.504 e. The summed E-state index contributed by atoms with van der Waals surface area (Å²) in [7, 11) is 1.24. The maximum Gasteiger partial charge on any atom is 0.203 e. The van der Waals surface area contributed by atoms with Crippen LogP contribution in [-0.4, -0.2) is 28.9 Å². The van der Waals surface area contributed by atoms with Crippen LogP contribution in [0.4, 0.5) is 0 Å². The number of hydrogen-bond donors (Lipinski definition) is 2. The number of furan rings is 1. The second kappa shape index (κ2) is 3.86. The summed E-state index contributed by atoms with van der Waals surface area (Å²) in [6.45, 7) is 1.56. The SMILES string of the molecule is COc1c(O)cc2c(c1O)C(=O)c1c(coc1C)C2=O. The minimum absolute atomic E-state index is 0.0703. The second-order valence-electron chi connectivity index (χ2n) is 4.44. The quantitative estimate of drug-likeness (QED) is 0.702. The number of hydrogen-bond acceptors (Lipinski definition) is 6. The average Bonchev–Trinajstić information content (AvgIpc) is 2.78. The first kappa shape index (κ1) is 12.3. The van der Waals surface area contributed by atoms with Crippen molar-refractivity contribution in [1.82, 2.24) is 0 Å². The third kappa shape index (κ3) is 1.33. The Morgan fingerprint density at radius 3 is 2.45 bits per heavy atom. The van der Waals surface area contributed by atoms with Crippen molar-refractivity contribution in [3.05, 3.63) is 40.3 Å². The molecule has 2 N–H and O–H groups in total. The summed E-state index contributed by atoms with van der Waals surface area (Å²) in [6.07, 6.45) is 1.20. The third-order valence-corrected chi connectivity index (χ3v) is 3.36. The fourth-order valence-electron chi connectivity index (χ4n) is 2.42. The summed E-state index contributed by atoms with van der Waals surface area (Å²) in [5, 5.41) is 19.8. The third-order valence-electron chi connectivity index (χ3n) is 3.36. The molecule has 0 saturated carbocycles. The molecule has 0 spiro atoms. The maximum atomic E-state index is 12.4. The predicted molar refractivity (Wildman–Crippen MR) is 66.6 cm³/mol. The fourth-order valence-corrected chi connectivity index (χ4v) is 2.42. The number of phenols is 2. The summed E-state index contributed by atoms with van der Waals surface area (Å²) in [5.41, 5.74) is 0.00950. The van der Waals surface area contributed by atoms with Gasteiger partial charge in [0.25, 0.3) is 0 Å². The molecule has 1 aliphatic rings. The molecule has 0 fully saturated rings. The lowest BCUT2D eigenvalue weighted by atomic mass is 9.84. The van der Waals surface area contributed by atoms with Crippen LogP contribution in [0.2, 0.25) is 0 Å². The van der Waals surface area contributed by atoms with Gasteiger partial charge in [0.2, 0.25) is 11.5 Å². The first-order valence-electron chi connectivity index (χ1n) is 5.77. The molecule has 0 bridgehead atoms. The lowest BCUT2D eigenvalue weighted by molar-refractivity contribution is 0.0976. The monoisotopic (exact) mass is 274 g/mol. The highest BCUT2D eigenvalue weighted by Crippen LogP contribution is 2.44. The van der Waals surface area contributed by atoms with Crippen molar-refractivity contribution in [2.75, 3.05) is 7.11 Å². The molecular formula is C14H10O6.